The summed E-state index contributed by atoms with van der Waals surface area (Å²) in [4.78, 5) is 27.4. The molecular weight excluding hydrogens is 507 g/mol. The highest BCUT2D eigenvalue weighted by atomic mass is 35.5. The van der Waals surface area contributed by atoms with Gasteiger partial charge in [0.2, 0.25) is 0 Å². The fourth-order valence-corrected chi connectivity index (χ4v) is 4.52. The Morgan fingerprint density at radius 1 is 1.11 bits per heavy atom. The molecule has 2 aromatic rings. The molecule has 3 rings (SSSR count). The van der Waals surface area contributed by atoms with E-state index in [4.69, 9.17) is 40.2 Å². The van der Waals surface area contributed by atoms with Crippen molar-refractivity contribution >= 4 is 63.9 Å². The van der Waals surface area contributed by atoms with Crippen molar-refractivity contribution in [3.63, 3.8) is 0 Å². The second-order valence-corrected chi connectivity index (χ2v) is 9.62. The zero-order valence-corrected chi connectivity index (χ0v) is 22.3. The van der Waals surface area contributed by atoms with Gasteiger partial charge in [0.05, 0.1) is 34.0 Å². The third-order valence-electron chi connectivity index (χ3n) is 5.38. The number of para-hydroxylation sites is 1. The molecule has 1 unspecified atom stereocenters. The molecule has 0 radical (unpaired) electrons. The molecule has 1 aliphatic heterocycles. The van der Waals surface area contributed by atoms with Gasteiger partial charge in [-0.1, -0.05) is 55.2 Å². The van der Waals surface area contributed by atoms with E-state index in [-0.39, 0.29) is 11.9 Å². The van der Waals surface area contributed by atoms with Crippen molar-refractivity contribution in [2.24, 2.45) is 5.92 Å². The minimum atomic E-state index is -0.489. The fourth-order valence-electron chi connectivity index (χ4n) is 3.65. The smallest absolute Gasteiger partial charge is 0.338 e. The van der Waals surface area contributed by atoms with E-state index < -0.39 is 12.1 Å². The number of halogens is 2. The molecule has 7 nitrogen and oxygen atoms in total. The number of nitrogens with zero attached hydrogens (tertiary/aromatic N) is 1. The van der Waals surface area contributed by atoms with Crippen LogP contribution in [0.2, 0.25) is 10.0 Å². The van der Waals surface area contributed by atoms with Gasteiger partial charge in [-0.25, -0.2) is 9.59 Å². The lowest BCUT2D eigenvalue weighted by atomic mass is 9.95. The molecule has 186 valence electrons. The molecule has 2 amide bonds. The molecule has 35 heavy (non-hydrogen) atoms. The molecule has 0 saturated heterocycles. The fraction of sp³-hybridized carbons (Fsp3) is 0.320. The van der Waals surface area contributed by atoms with Gasteiger partial charge in [0.25, 0.3) is 0 Å². The summed E-state index contributed by atoms with van der Waals surface area (Å²) in [6.45, 7) is 8.76. The largest absolute Gasteiger partial charge is 0.462 e. The number of benzene rings is 2. The number of hydrogen-bond donors (Lipinski definition) is 3. The highest BCUT2D eigenvalue weighted by Crippen LogP contribution is 2.33. The summed E-state index contributed by atoms with van der Waals surface area (Å²) in [7, 11) is 0. The van der Waals surface area contributed by atoms with Crippen LogP contribution in [0.4, 0.5) is 16.2 Å². The van der Waals surface area contributed by atoms with E-state index in [1.807, 2.05) is 44.7 Å². The van der Waals surface area contributed by atoms with Crippen molar-refractivity contribution in [1.82, 2.24) is 10.2 Å². The van der Waals surface area contributed by atoms with E-state index in [1.54, 1.807) is 30.3 Å². The number of hydrogen-bond acceptors (Lipinski definition) is 4. The maximum absolute atomic E-state index is 13.0. The maximum Gasteiger partial charge on any atom is 0.338 e. The van der Waals surface area contributed by atoms with E-state index in [9.17, 15) is 9.59 Å². The Labute approximate surface area is 220 Å². The van der Waals surface area contributed by atoms with Crippen LogP contribution in [0.1, 0.15) is 39.3 Å². The van der Waals surface area contributed by atoms with E-state index >= 15 is 0 Å². The molecule has 0 fully saturated rings. The normalized spacial score (nSPS) is 15.7. The summed E-state index contributed by atoms with van der Waals surface area (Å²) in [5.74, 6) is -0.164. The standard InChI is InChI=1S/C25H28Cl2N4O3S/c1-5-31-15(4)20(23(32)34-13-14(2)3)21(30-25(31)35)16-9-11-17(12-10-16)28-24(33)29-22-18(26)7-6-8-19(22)27/h6-12,14,21H,5,13H2,1-4H3,(H,30,35)(H2,28,29,33). The van der Waals surface area contributed by atoms with Gasteiger partial charge < -0.3 is 25.6 Å². The van der Waals surface area contributed by atoms with E-state index in [2.05, 4.69) is 16.0 Å². The molecule has 1 heterocycles. The molecular formula is C25H28Cl2N4O3S. The number of anilines is 2. The van der Waals surface area contributed by atoms with Crippen molar-refractivity contribution in [2.75, 3.05) is 23.8 Å². The van der Waals surface area contributed by atoms with Crippen molar-refractivity contribution < 1.29 is 14.3 Å². The Bertz CT molecular complexity index is 1130. The highest BCUT2D eigenvalue weighted by Gasteiger charge is 2.34. The van der Waals surface area contributed by atoms with Gasteiger partial charge in [-0.05, 0) is 61.8 Å². The first-order chi connectivity index (χ1) is 16.6. The predicted molar refractivity (Wildman–Crippen MR) is 145 cm³/mol. The zero-order chi connectivity index (χ0) is 25.7. The maximum atomic E-state index is 13.0. The summed E-state index contributed by atoms with van der Waals surface area (Å²) in [5, 5.41) is 9.87. The number of urea groups is 1. The minimum absolute atomic E-state index is 0.218. The Morgan fingerprint density at radius 2 is 1.74 bits per heavy atom. The first-order valence-corrected chi connectivity index (χ1v) is 12.4. The number of rotatable bonds is 7. The SMILES string of the molecule is CCN1C(=S)NC(c2ccc(NC(=O)Nc3c(Cl)cccc3Cl)cc2)C(C(=O)OCC(C)C)=C1C. The van der Waals surface area contributed by atoms with Crippen molar-refractivity contribution in [3.05, 3.63) is 69.3 Å². The van der Waals surface area contributed by atoms with E-state index in [0.29, 0.717) is 45.3 Å². The summed E-state index contributed by atoms with van der Waals surface area (Å²) >= 11 is 17.8. The van der Waals surface area contributed by atoms with Gasteiger partial charge in [0, 0.05) is 17.9 Å². The molecule has 3 N–H and O–H groups in total. The topological polar surface area (TPSA) is 82.7 Å². The minimum Gasteiger partial charge on any atom is -0.462 e. The third kappa shape index (κ3) is 6.45. The van der Waals surface area contributed by atoms with Crippen LogP contribution in [-0.4, -0.2) is 35.2 Å². The van der Waals surface area contributed by atoms with Crippen LogP contribution in [0.25, 0.3) is 0 Å². The van der Waals surface area contributed by atoms with E-state index in [1.165, 1.54) is 0 Å². The highest BCUT2D eigenvalue weighted by molar-refractivity contribution is 7.80. The van der Waals surface area contributed by atoms with Gasteiger partial charge in [-0.15, -0.1) is 0 Å². The monoisotopic (exact) mass is 534 g/mol. The molecule has 1 aliphatic rings. The van der Waals surface area contributed by atoms with Crippen LogP contribution in [0.3, 0.4) is 0 Å². The van der Waals surface area contributed by atoms with Gasteiger partial charge in [0.15, 0.2) is 5.11 Å². The molecule has 0 aliphatic carbocycles. The number of ether oxygens (including phenoxy) is 1. The second kappa shape index (κ2) is 11.7. The van der Waals surface area contributed by atoms with E-state index in [0.717, 1.165) is 11.3 Å². The molecule has 2 aromatic carbocycles. The summed E-state index contributed by atoms with van der Waals surface area (Å²) in [5.41, 5.74) is 2.95. The number of carbonyl (C=O) groups excluding carboxylic acids is 2. The Morgan fingerprint density at radius 3 is 2.31 bits per heavy atom. The van der Waals surface area contributed by atoms with Crippen molar-refractivity contribution in [2.45, 2.75) is 33.7 Å². The average Bonchev–Trinajstić information content (AvgIpc) is 2.80. The molecule has 0 saturated carbocycles. The molecule has 10 heteroatoms. The predicted octanol–water partition coefficient (Wildman–Crippen LogP) is 6.36. The second-order valence-electron chi connectivity index (χ2n) is 8.42. The Hall–Kier alpha value is -2.81. The van der Waals surface area contributed by atoms with Crippen molar-refractivity contribution in [1.29, 1.82) is 0 Å². The number of nitrogens with one attached hydrogen (secondary N) is 3. The quantitative estimate of drug-likeness (QED) is 0.283. The zero-order valence-electron chi connectivity index (χ0n) is 19.9. The number of carbonyl (C=O) groups is 2. The van der Waals surface area contributed by atoms with Gasteiger partial charge in [0.1, 0.15) is 0 Å². The molecule has 1 atom stereocenters. The lowest BCUT2D eigenvalue weighted by Gasteiger charge is -2.37. The average molecular weight is 535 g/mol. The lowest BCUT2D eigenvalue weighted by molar-refractivity contribution is -0.140. The van der Waals surface area contributed by atoms with Crippen LogP contribution < -0.4 is 16.0 Å². The number of allylic oxidation sites excluding steroid dienone is 1. The van der Waals surface area contributed by atoms with Crippen LogP contribution in [0.5, 0.6) is 0 Å². The van der Waals surface area contributed by atoms with Crippen LogP contribution >= 0.6 is 35.4 Å². The lowest BCUT2D eigenvalue weighted by Crippen LogP contribution is -2.47. The Balaban J connectivity index is 1.80. The van der Waals surface area contributed by atoms with Gasteiger partial charge >= 0.3 is 12.0 Å². The Kier molecular flexibility index (Phi) is 8.99. The molecule has 0 aromatic heterocycles. The third-order valence-corrected chi connectivity index (χ3v) is 6.35. The molecule has 0 spiro atoms. The number of esters is 1. The van der Waals surface area contributed by atoms with Crippen LogP contribution in [-0.2, 0) is 9.53 Å². The first kappa shape index (κ1) is 26.8. The molecule has 0 bridgehead atoms. The summed E-state index contributed by atoms with van der Waals surface area (Å²) in [6, 6.07) is 11.1. The van der Waals surface area contributed by atoms with Crippen LogP contribution in [0.15, 0.2) is 53.7 Å². The van der Waals surface area contributed by atoms with Crippen LogP contribution in [0, 0.1) is 5.92 Å². The van der Waals surface area contributed by atoms with Crippen molar-refractivity contribution in [3.8, 4) is 0 Å². The summed E-state index contributed by atoms with van der Waals surface area (Å²) in [6.07, 6.45) is 0. The van der Waals surface area contributed by atoms with Gasteiger partial charge in [-0.3, -0.25) is 0 Å². The first-order valence-electron chi connectivity index (χ1n) is 11.2. The number of amides is 2. The van der Waals surface area contributed by atoms with Gasteiger partial charge in [-0.2, -0.15) is 0 Å². The number of thiocarbonyl (C=S) groups is 1. The summed E-state index contributed by atoms with van der Waals surface area (Å²) < 4.78 is 5.55.